The predicted molar refractivity (Wildman–Crippen MR) is 193 cm³/mol. The summed E-state index contributed by atoms with van der Waals surface area (Å²) < 4.78 is 92.2. The second-order valence-electron chi connectivity index (χ2n) is 12.5. The van der Waals surface area contributed by atoms with Crippen LogP contribution >= 0.6 is 0 Å². The van der Waals surface area contributed by atoms with E-state index in [1.807, 2.05) is 70.2 Å². The van der Waals surface area contributed by atoms with Crippen LogP contribution < -0.4 is 0 Å². The average Bonchev–Trinajstić information content (AvgIpc) is 3.54. The molecule has 0 fully saturated rings. The molecule has 3 nitrogen and oxygen atoms in total. The molecule has 0 bridgehead atoms. The number of hydrogen-bond donors (Lipinski definition) is 0. The van der Waals surface area contributed by atoms with E-state index >= 15 is 0 Å². The Kier molecular flexibility index (Phi) is 5.80. The zero-order valence-electron chi connectivity index (χ0n) is 37.3. The van der Waals surface area contributed by atoms with Gasteiger partial charge in [0.2, 0.25) is 0 Å². The van der Waals surface area contributed by atoms with Gasteiger partial charge in [0.25, 0.3) is 0 Å². The van der Waals surface area contributed by atoms with Gasteiger partial charge in [0.15, 0.2) is 0 Å². The van der Waals surface area contributed by atoms with Crippen molar-refractivity contribution in [3.63, 3.8) is 0 Å². The van der Waals surface area contributed by atoms with E-state index in [-0.39, 0.29) is 36.8 Å². The van der Waals surface area contributed by atoms with Crippen molar-refractivity contribution in [2.24, 2.45) is 5.41 Å². The van der Waals surface area contributed by atoms with Crippen molar-refractivity contribution in [2.45, 2.75) is 54.6 Å². The number of rotatable bonds is 3. The van der Waals surface area contributed by atoms with E-state index in [0.717, 1.165) is 49.7 Å². The molecule has 8 aromatic rings. The van der Waals surface area contributed by atoms with Crippen LogP contribution in [0.3, 0.4) is 0 Å². The largest absolute Gasteiger partial charge is 0.500 e. The fourth-order valence-corrected chi connectivity index (χ4v) is 5.75. The zero-order chi connectivity index (χ0) is 41.5. The number of benzene rings is 5. The van der Waals surface area contributed by atoms with E-state index in [1.165, 1.54) is 12.1 Å². The molecule has 5 aromatic carbocycles. The van der Waals surface area contributed by atoms with Crippen molar-refractivity contribution >= 4 is 43.5 Å². The Labute approximate surface area is 306 Å². The number of furan rings is 1. The Morgan fingerprint density at radius 2 is 1.51 bits per heavy atom. The minimum Gasteiger partial charge on any atom is -0.500 e. The van der Waals surface area contributed by atoms with Crippen LogP contribution in [0.1, 0.15) is 63.7 Å². The first-order valence-electron chi connectivity index (χ1n) is 20.5. The average molecular weight is 802 g/mol. The smallest absolute Gasteiger partial charge is 0.129 e. The Bertz CT molecular complexity index is 2780. The SMILES string of the molecule is [2H]C([2H])([2H])c1c[c-]c(-c2cc(C)c(C([2H])([2H])C(C)(C)C)cn2)cc1.[2H]C([2H])([2H])c1cnc(-c2[c-]cc3ccc4cc5ccccc5c5oc2c3c45)cc1C([2H])([2H])[2H].[Ir]. The van der Waals surface area contributed by atoms with E-state index in [9.17, 15) is 0 Å². The van der Waals surface area contributed by atoms with Crippen LogP contribution in [0.4, 0.5) is 0 Å². The standard InChI is InChI=1S/C25H16NO.C18H22N.Ir/c1-14-11-21(26-13-15(14)2)20-10-9-16-7-8-18-12-17-5-3-4-6-19(17)24-23(18)22(16)25(20)27-24;1-13-6-8-15(9-7-13)17-10-14(2)16(12-19-17)11-18(3,4)5;/h3-9,11-13H,1-2H3;6-8,10,12H,11H2,1-5H3;/q2*-1;/i1D3,2D3;1D3,11D2;. The van der Waals surface area contributed by atoms with Gasteiger partial charge in [-0.05, 0) is 77.2 Å². The van der Waals surface area contributed by atoms with Crippen LogP contribution in [-0.4, -0.2) is 9.97 Å². The maximum absolute atomic E-state index is 8.39. The van der Waals surface area contributed by atoms with Crippen molar-refractivity contribution in [1.82, 2.24) is 9.97 Å². The summed E-state index contributed by atoms with van der Waals surface area (Å²) in [4.78, 5) is 8.69. The van der Waals surface area contributed by atoms with Gasteiger partial charge in [-0.2, -0.15) is 0 Å². The van der Waals surface area contributed by atoms with Gasteiger partial charge >= 0.3 is 0 Å². The van der Waals surface area contributed by atoms with Crippen LogP contribution in [-0.2, 0) is 26.5 Å². The maximum atomic E-state index is 8.39. The molecular formula is C43H38IrN2O-2. The summed E-state index contributed by atoms with van der Waals surface area (Å²) in [6.45, 7) is 0.111. The second kappa shape index (κ2) is 12.7. The Balaban J connectivity index is 0.000000203. The van der Waals surface area contributed by atoms with Crippen molar-refractivity contribution in [2.75, 3.05) is 0 Å². The molecule has 3 aromatic heterocycles. The molecule has 4 heteroatoms. The fourth-order valence-electron chi connectivity index (χ4n) is 5.75. The first-order valence-corrected chi connectivity index (χ1v) is 15.0. The molecule has 8 rings (SSSR count). The third kappa shape index (κ3) is 6.33. The molecule has 0 aliphatic carbocycles. The number of hydrogen-bond acceptors (Lipinski definition) is 3. The molecule has 0 spiro atoms. The summed E-state index contributed by atoms with van der Waals surface area (Å²) in [7, 11) is 0. The van der Waals surface area contributed by atoms with Crippen LogP contribution in [0, 0.1) is 45.0 Å². The second-order valence-corrected chi connectivity index (χ2v) is 12.5. The Morgan fingerprint density at radius 3 is 2.26 bits per heavy atom. The Morgan fingerprint density at radius 1 is 0.745 bits per heavy atom. The maximum Gasteiger partial charge on any atom is 0.129 e. The fraction of sp³-hybridized carbons (Fsp3) is 0.209. The summed E-state index contributed by atoms with van der Waals surface area (Å²) in [6, 6.07) is 30.0. The summed E-state index contributed by atoms with van der Waals surface area (Å²) in [6.07, 6.45) is 1.20. The molecule has 1 radical (unpaired) electrons. The van der Waals surface area contributed by atoms with E-state index in [4.69, 9.17) is 19.5 Å². The molecule has 237 valence electrons. The third-order valence-electron chi connectivity index (χ3n) is 7.91. The summed E-state index contributed by atoms with van der Waals surface area (Å²) in [5.74, 6) is 0. The molecule has 0 aliphatic rings. The summed E-state index contributed by atoms with van der Waals surface area (Å²) in [5, 5.41) is 5.94. The van der Waals surface area contributed by atoms with Gasteiger partial charge in [0.1, 0.15) is 5.58 Å². The molecule has 0 saturated heterocycles. The zero-order valence-corrected chi connectivity index (χ0v) is 28.7. The first-order chi connectivity index (χ1) is 26.5. The first kappa shape index (κ1) is 21.5. The van der Waals surface area contributed by atoms with Gasteiger partial charge in [-0.25, -0.2) is 0 Å². The van der Waals surface area contributed by atoms with Crippen molar-refractivity contribution in [3.8, 4) is 22.5 Å². The number of nitrogens with zero attached hydrogens (tertiary/aromatic N) is 2. The topological polar surface area (TPSA) is 38.9 Å². The summed E-state index contributed by atoms with van der Waals surface area (Å²) in [5.41, 5.74) is 4.00. The number of aromatic nitrogens is 2. The van der Waals surface area contributed by atoms with Crippen LogP contribution in [0.15, 0.2) is 95.7 Å². The number of aryl methyl sites for hydroxylation is 4. The quantitative estimate of drug-likeness (QED) is 0.101. The van der Waals surface area contributed by atoms with Crippen molar-refractivity contribution in [1.29, 1.82) is 0 Å². The van der Waals surface area contributed by atoms with Crippen molar-refractivity contribution in [3.05, 3.63) is 131 Å². The number of pyridine rings is 2. The molecule has 0 atom stereocenters. The predicted octanol–water partition coefficient (Wildman–Crippen LogP) is 11.6. The minimum atomic E-state index is -2.61. The van der Waals surface area contributed by atoms with Crippen LogP contribution in [0.25, 0.3) is 66.0 Å². The molecule has 0 unspecified atom stereocenters. The molecule has 0 aliphatic heterocycles. The van der Waals surface area contributed by atoms with E-state index < -0.39 is 32.3 Å². The molecule has 0 amide bonds. The van der Waals surface area contributed by atoms with E-state index in [1.54, 1.807) is 18.3 Å². The molecular weight excluding hydrogens is 753 g/mol. The molecule has 3 heterocycles. The normalized spacial score (nSPS) is 16.2. The molecule has 0 N–H and O–H groups in total. The van der Waals surface area contributed by atoms with Gasteiger partial charge in [-0.1, -0.05) is 98.2 Å². The van der Waals surface area contributed by atoms with Crippen molar-refractivity contribution < 1.29 is 39.6 Å². The number of fused-ring (bicyclic) bond motifs is 2. The van der Waals surface area contributed by atoms with Crippen LogP contribution in [0.5, 0.6) is 0 Å². The Hall–Kier alpha value is -4.37. The monoisotopic (exact) mass is 802 g/mol. The molecule has 0 saturated carbocycles. The van der Waals surface area contributed by atoms with Gasteiger partial charge in [0.05, 0.1) is 5.58 Å². The third-order valence-corrected chi connectivity index (χ3v) is 7.91. The summed E-state index contributed by atoms with van der Waals surface area (Å²) >= 11 is 0. The van der Waals surface area contributed by atoms with Gasteiger partial charge < -0.3 is 14.4 Å². The molecule has 47 heavy (non-hydrogen) atoms. The van der Waals surface area contributed by atoms with Crippen LogP contribution in [0.2, 0.25) is 0 Å². The van der Waals surface area contributed by atoms with E-state index in [2.05, 4.69) is 34.2 Å². The van der Waals surface area contributed by atoms with Gasteiger partial charge in [-0.3, -0.25) is 0 Å². The van der Waals surface area contributed by atoms with E-state index in [0.29, 0.717) is 33.7 Å². The van der Waals surface area contributed by atoms with Gasteiger partial charge in [-0.15, -0.1) is 47.5 Å². The van der Waals surface area contributed by atoms with Gasteiger partial charge in [0, 0.05) is 58.3 Å². The minimum absolute atomic E-state index is 0.